The summed E-state index contributed by atoms with van der Waals surface area (Å²) in [4.78, 5) is 2.34. The number of aromatic nitrogens is 2. The second-order valence-electron chi connectivity index (χ2n) is 8.89. The van der Waals surface area contributed by atoms with E-state index in [-0.39, 0.29) is 0 Å². The van der Waals surface area contributed by atoms with E-state index in [0.29, 0.717) is 6.73 Å². The molecule has 0 bridgehead atoms. The van der Waals surface area contributed by atoms with Gasteiger partial charge in [-0.1, -0.05) is 51.9 Å². The van der Waals surface area contributed by atoms with Gasteiger partial charge in [0.2, 0.25) is 0 Å². The Morgan fingerprint density at radius 1 is 1.15 bits per heavy atom. The van der Waals surface area contributed by atoms with Crippen LogP contribution in [0.15, 0.2) is 12.3 Å². The van der Waals surface area contributed by atoms with Gasteiger partial charge in [0.25, 0.3) is 0 Å². The third kappa shape index (κ3) is 8.19. The van der Waals surface area contributed by atoms with Crippen molar-refractivity contribution in [2.45, 2.75) is 71.4 Å². The van der Waals surface area contributed by atoms with Gasteiger partial charge >= 0.3 is 0 Å². The van der Waals surface area contributed by atoms with Crippen LogP contribution in [0.1, 0.15) is 44.7 Å². The zero-order chi connectivity index (χ0) is 19.7. The maximum Gasteiger partial charge on any atom is 0.164 e. The Bertz CT molecular complexity index is 593. The van der Waals surface area contributed by atoms with Crippen molar-refractivity contribution in [2.24, 2.45) is 0 Å². The smallest absolute Gasteiger partial charge is 0.164 e. The number of nitrogens with zero attached hydrogens (tertiary/aromatic N) is 3. The van der Waals surface area contributed by atoms with Crippen LogP contribution in [0.5, 0.6) is 5.75 Å². The highest BCUT2D eigenvalue weighted by Crippen LogP contribution is 2.28. The summed E-state index contributed by atoms with van der Waals surface area (Å²) in [5.41, 5.74) is 2.26. The van der Waals surface area contributed by atoms with Gasteiger partial charge in [0, 0.05) is 27.8 Å². The molecular weight excluding hydrogens is 354 g/mol. The Labute approximate surface area is 166 Å². The predicted molar refractivity (Wildman–Crippen MR) is 116 cm³/mol. The van der Waals surface area contributed by atoms with E-state index < -0.39 is 8.07 Å². The maximum atomic E-state index is 6.12. The molecule has 0 aliphatic carbocycles. The minimum atomic E-state index is -1.06. The molecule has 0 saturated heterocycles. The fourth-order valence-electron chi connectivity index (χ4n) is 3.11. The number of rotatable bonds is 12. The molecule has 1 aliphatic heterocycles. The number of hydrogen-bond acceptors (Lipinski definition) is 4. The molecule has 2 rings (SSSR count). The van der Waals surface area contributed by atoms with E-state index in [1.165, 1.54) is 30.9 Å². The van der Waals surface area contributed by atoms with Crippen molar-refractivity contribution in [1.82, 2.24) is 14.7 Å². The fourth-order valence-corrected chi connectivity index (χ4v) is 3.87. The molecule has 0 unspecified atom stereocenters. The molecule has 0 saturated carbocycles. The van der Waals surface area contributed by atoms with E-state index in [9.17, 15) is 0 Å². The first kappa shape index (κ1) is 22.2. The minimum Gasteiger partial charge on any atom is -0.490 e. The van der Waals surface area contributed by atoms with Crippen LogP contribution in [0.3, 0.4) is 0 Å². The zero-order valence-electron chi connectivity index (χ0n) is 18.1. The van der Waals surface area contributed by atoms with Crippen LogP contribution >= 0.6 is 0 Å². The van der Waals surface area contributed by atoms with E-state index in [1.807, 2.05) is 10.9 Å². The molecule has 0 fully saturated rings. The van der Waals surface area contributed by atoms with Gasteiger partial charge in [-0.3, -0.25) is 0 Å². The average molecular weight is 394 g/mol. The lowest BCUT2D eigenvalue weighted by atomic mass is 10.1. The van der Waals surface area contributed by atoms with Crippen LogP contribution < -0.4 is 4.74 Å². The van der Waals surface area contributed by atoms with Gasteiger partial charge in [-0.2, -0.15) is 5.10 Å². The molecule has 5 nitrogen and oxygen atoms in total. The Kier molecular flexibility index (Phi) is 9.06. The molecule has 6 heteroatoms. The highest BCUT2D eigenvalue weighted by atomic mass is 28.3. The van der Waals surface area contributed by atoms with Crippen LogP contribution in [-0.2, 0) is 11.5 Å². The van der Waals surface area contributed by atoms with E-state index >= 15 is 0 Å². The maximum absolute atomic E-state index is 6.12. The highest BCUT2D eigenvalue weighted by Gasteiger charge is 2.19. The summed E-state index contributed by atoms with van der Waals surface area (Å²) in [6.45, 7) is 13.5. The molecule has 154 valence electrons. The van der Waals surface area contributed by atoms with Crippen LogP contribution in [0.25, 0.3) is 5.57 Å². The van der Waals surface area contributed by atoms with Gasteiger partial charge in [-0.15, -0.1) is 0 Å². The highest BCUT2D eigenvalue weighted by molar-refractivity contribution is 6.76. The second kappa shape index (κ2) is 11.0. The molecule has 0 aromatic carbocycles. The van der Waals surface area contributed by atoms with Gasteiger partial charge in [0.15, 0.2) is 5.75 Å². The Morgan fingerprint density at radius 2 is 1.96 bits per heavy atom. The predicted octanol–water partition coefficient (Wildman–Crippen LogP) is 4.87. The molecule has 1 aromatic heterocycles. The van der Waals surface area contributed by atoms with Crippen molar-refractivity contribution in [3.8, 4) is 5.75 Å². The summed E-state index contributed by atoms with van der Waals surface area (Å²) < 4.78 is 13.9. The topological polar surface area (TPSA) is 39.5 Å². The first-order valence-corrected chi connectivity index (χ1v) is 14.3. The number of unbranched alkanes of at least 4 members (excludes halogenated alkanes) is 3. The van der Waals surface area contributed by atoms with Crippen LogP contribution in [0.2, 0.25) is 25.7 Å². The molecule has 27 heavy (non-hydrogen) atoms. The lowest BCUT2D eigenvalue weighted by Gasteiger charge is -2.22. The summed E-state index contributed by atoms with van der Waals surface area (Å²) in [7, 11) is 1.10. The SMILES string of the molecule is CCCCCCOc1cn(COCC[Si](C)(C)C)nc1C1=CCCN(C)C1. The Balaban J connectivity index is 1.98. The Morgan fingerprint density at radius 3 is 2.67 bits per heavy atom. The van der Waals surface area contributed by atoms with Crippen molar-refractivity contribution in [2.75, 3.05) is 33.4 Å². The minimum absolute atomic E-state index is 0.500. The molecule has 0 spiro atoms. The number of hydrogen-bond donors (Lipinski definition) is 0. The van der Waals surface area contributed by atoms with Crippen molar-refractivity contribution in [3.05, 3.63) is 18.0 Å². The van der Waals surface area contributed by atoms with Gasteiger partial charge in [0.05, 0.1) is 12.8 Å². The van der Waals surface area contributed by atoms with E-state index in [1.54, 1.807) is 0 Å². The summed E-state index contributed by atoms with van der Waals surface area (Å²) in [6, 6.07) is 1.18. The molecule has 0 amide bonds. The summed E-state index contributed by atoms with van der Waals surface area (Å²) in [5.74, 6) is 0.904. The number of ether oxygens (including phenoxy) is 2. The Hall–Kier alpha value is -1.11. The largest absolute Gasteiger partial charge is 0.490 e. The molecule has 1 aliphatic rings. The van der Waals surface area contributed by atoms with E-state index in [2.05, 4.69) is 44.6 Å². The number of likely N-dealkylation sites (N-methyl/N-ethyl adjacent to an activating group) is 1. The van der Waals surface area contributed by atoms with E-state index in [4.69, 9.17) is 14.6 Å². The molecule has 1 aromatic rings. The zero-order valence-corrected chi connectivity index (χ0v) is 19.1. The second-order valence-corrected chi connectivity index (χ2v) is 14.5. The van der Waals surface area contributed by atoms with Gasteiger partial charge in [-0.25, -0.2) is 4.68 Å². The summed E-state index contributed by atoms with van der Waals surface area (Å²) in [6.07, 6.45) is 10.2. The average Bonchev–Trinajstić information content (AvgIpc) is 3.01. The third-order valence-corrected chi connectivity index (χ3v) is 6.55. The van der Waals surface area contributed by atoms with Crippen LogP contribution in [-0.4, -0.2) is 56.1 Å². The first-order valence-electron chi connectivity index (χ1n) is 10.5. The van der Waals surface area contributed by atoms with Crippen molar-refractivity contribution in [1.29, 1.82) is 0 Å². The van der Waals surface area contributed by atoms with Gasteiger partial charge in [0.1, 0.15) is 12.4 Å². The van der Waals surface area contributed by atoms with Crippen LogP contribution in [0, 0.1) is 0 Å². The molecule has 2 heterocycles. The summed E-state index contributed by atoms with van der Waals surface area (Å²) in [5, 5.41) is 4.80. The molecule has 0 N–H and O–H groups in total. The van der Waals surface area contributed by atoms with Crippen molar-refractivity contribution < 1.29 is 9.47 Å². The third-order valence-electron chi connectivity index (χ3n) is 4.85. The molecule has 0 radical (unpaired) electrons. The van der Waals surface area contributed by atoms with Gasteiger partial charge < -0.3 is 14.4 Å². The normalized spacial score (nSPS) is 15.8. The van der Waals surface area contributed by atoms with E-state index in [0.717, 1.165) is 50.6 Å². The fraction of sp³-hybridized carbons (Fsp3) is 0.762. The van der Waals surface area contributed by atoms with Crippen molar-refractivity contribution >= 4 is 13.6 Å². The summed E-state index contributed by atoms with van der Waals surface area (Å²) >= 11 is 0. The lowest BCUT2D eigenvalue weighted by Crippen LogP contribution is -2.25. The lowest BCUT2D eigenvalue weighted by molar-refractivity contribution is 0.0783. The molecular formula is C21H39N3O2Si. The monoisotopic (exact) mass is 393 g/mol. The van der Waals surface area contributed by atoms with Gasteiger partial charge in [-0.05, 0) is 31.5 Å². The quantitative estimate of drug-likeness (QED) is 0.375. The standard InChI is InChI=1S/C21H39N3O2Si/c1-6-7-8-9-13-26-20-17-24(18-25-14-15-27(3,4)5)22-21(20)19-11-10-12-23(2)16-19/h11,17H,6-10,12-16,18H2,1-5H3. The molecule has 0 atom stereocenters. The van der Waals surface area contributed by atoms with Crippen LogP contribution in [0.4, 0.5) is 0 Å². The van der Waals surface area contributed by atoms with Crippen molar-refractivity contribution in [3.63, 3.8) is 0 Å². The first-order chi connectivity index (χ1) is 12.9.